The Morgan fingerprint density at radius 2 is 1.48 bits per heavy atom. The van der Waals surface area contributed by atoms with Gasteiger partial charge in [0.05, 0.1) is 5.69 Å². The molecule has 4 heterocycles. The largest absolute Gasteiger partial charge is 0.341 e. The third-order valence-electron chi connectivity index (χ3n) is 5.69. The fourth-order valence-corrected chi connectivity index (χ4v) is 3.95. The summed E-state index contributed by atoms with van der Waals surface area (Å²) in [6.07, 6.45) is 9.77. The number of piperidine rings is 1. The second kappa shape index (κ2) is 8.76. The van der Waals surface area contributed by atoms with E-state index in [0.29, 0.717) is 0 Å². The van der Waals surface area contributed by atoms with Gasteiger partial charge in [-0.15, -0.1) is 0 Å². The third-order valence-corrected chi connectivity index (χ3v) is 5.69. The summed E-state index contributed by atoms with van der Waals surface area (Å²) in [6.45, 7) is 10.6. The fraction of sp³-hybridized carbons (Fsp3) is 0.571. The summed E-state index contributed by atoms with van der Waals surface area (Å²) < 4.78 is 0. The van der Waals surface area contributed by atoms with Crippen molar-refractivity contribution < 1.29 is 0 Å². The van der Waals surface area contributed by atoms with E-state index in [1.165, 1.54) is 36.1 Å². The van der Waals surface area contributed by atoms with Gasteiger partial charge in [-0.3, -0.25) is 14.8 Å². The Balaban J connectivity index is 1.26. The molecule has 6 heteroatoms. The minimum atomic E-state index is 0.897. The van der Waals surface area contributed by atoms with Crippen LogP contribution in [0.25, 0.3) is 0 Å². The molecule has 2 aromatic rings. The standard InChI is InChI=1S/C21H30N6/c1-18-6-5-7-22-20(18)17-26-12-10-25(11-13-26)16-19-14-23-21(24-15-19)27-8-3-2-4-9-27/h5-7,14-15H,2-4,8-13,16-17H2,1H3. The van der Waals surface area contributed by atoms with Gasteiger partial charge >= 0.3 is 0 Å². The van der Waals surface area contributed by atoms with Gasteiger partial charge in [0.1, 0.15) is 0 Å². The van der Waals surface area contributed by atoms with Crippen molar-refractivity contribution in [1.29, 1.82) is 0 Å². The number of nitrogens with zero attached hydrogens (tertiary/aromatic N) is 6. The van der Waals surface area contributed by atoms with Crippen LogP contribution in [0.2, 0.25) is 0 Å². The topological polar surface area (TPSA) is 48.4 Å². The van der Waals surface area contributed by atoms with Crippen molar-refractivity contribution in [2.75, 3.05) is 44.2 Å². The molecular weight excluding hydrogens is 336 g/mol. The lowest BCUT2D eigenvalue weighted by Crippen LogP contribution is -2.45. The molecule has 2 fully saturated rings. The number of hydrogen-bond donors (Lipinski definition) is 0. The molecule has 2 aliphatic rings. The highest BCUT2D eigenvalue weighted by molar-refractivity contribution is 5.30. The second-order valence-electron chi connectivity index (χ2n) is 7.76. The van der Waals surface area contributed by atoms with Crippen molar-refractivity contribution in [2.24, 2.45) is 0 Å². The molecule has 0 aromatic carbocycles. The number of piperazine rings is 1. The summed E-state index contributed by atoms with van der Waals surface area (Å²) in [5, 5.41) is 0. The van der Waals surface area contributed by atoms with Crippen LogP contribution in [0.5, 0.6) is 0 Å². The minimum absolute atomic E-state index is 0.897. The molecule has 2 aliphatic heterocycles. The average molecular weight is 367 g/mol. The van der Waals surface area contributed by atoms with Crippen molar-refractivity contribution in [3.05, 3.63) is 47.5 Å². The Morgan fingerprint density at radius 1 is 0.815 bits per heavy atom. The summed E-state index contributed by atoms with van der Waals surface area (Å²) in [7, 11) is 0. The maximum absolute atomic E-state index is 4.62. The molecule has 0 unspecified atom stereocenters. The van der Waals surface area contributed by atoms with E-state index in [9.17, 15) is 0 Å². The smallest absolute Gasteiger partial charge is 0.225 e. The van der Waals surface area contributed by atoms with Crippen LogP contribution in [-0.4, -0.2) is 64.0 Å². The SMILES string of the molecule is Cc1cccnc1CN1CCN(Cc2cnc(N3CCCCC3)nc2)CC1. The van der Waals surface area contributed by atoms with E-state index in [-0.39, 0.29) is 0 Å². The number of rotatable bonds is 5. The Morgan fingerprint density at radius 3 is 2.15 bits per heavy atom. The highest BCUT2D eigenvalue weighted by Crippen LogP contribution is 2.16. The van der Waals surface area contributed by atoms with Crippen molar-refractivity contribution in [1.82, 2.24) is 24.8 Å². The summed E-state index contributed by atoms with van der Waals surface area (Å²) in [5.74, 6) is 0.897. The Hall–Kier alpha value is -2.05. The van der Waals surface area contributed by atoms with Crippen LogP contribution >= 0.6 is 0 Å². The van der Waals surface area contributed by atoms with Crippen molar-refractivity contribution in [3.63, 3.8) is 0 Å². The average Bonchev–Trinajstić information content (AvgIpc) is 2.72. The molecule has 144 valence electrons. The molecule has 0 spiro atoms. The predicted molar refractivity (Wildman–Crippen MR) is 108 cm³/mol. The Kier molecular flexibility index (Phi) is 5.94. The highest BCUT2D eigenvalue weighted by Gasteiger charge is 2.19. The first-order chi connectivity index (χ1) is 13.3. The first-order valence-corrected chi connectivity index (χ1v) is 10.2. The molecule has 0 atom stereocenters. The van der Waals surface area contributed by atoms with E-state index in [2.05, 4.69) is 42.6 Å². The molecule has 0 radical (unpaired) electrons. The molecule has 27 heavy (non-hydrogen) atoms. The first-order valence-electron chi connectivity index (χ1n) is 10.2. The van der Waals surface area contributed by atoms with Gasteiger partial charge in [0.15, 0.2) is 0 Å². The number of aryl methyl sites for hydroxylation is 1. The molecule has 0 amide bonds. The Labute approximate surface area is 162 Å². The summed E-state index contributed by atoms with van der Waals surface area (Å²) in [5.41, 5.74) is 3.70. The normalized spacial score (nSPS) is 19.4. The summed E-state index contributed by atoms with van der Waals surface area (Å²) >= 11 is 0. The molecule has 6 nitrogen and oxygen atoms in total. The zero-order valence-corrected chi connectivity index (χ0v) is 16.3. The number of anilines is 1. The van der Waals surface area contributed by atoms with Crippen LogP contribution in [0.15, 0.2) is 30.7 Å². The van der Waals surface area contributed by atoms with Crippen LogP contribution in [0.4, 0.5) is 5.95 Å². The van der Waals surface area contributed by atoms with Gasteiger partial charge in [0, 0.05) is 76.5 Å². The van der Waals surface area contributed by atoms with Crippen LogP contribution in [0, 0.1) is 6.92 Å². The van der Waals surface area contributed by atoms with E-state index >= 15 is 0 Å². The predicted octanol–water partition coefficient (Wildman–Crippen LogP) is 2.49. The first kappa shape index (κ1) is 18.3. The van der Waals surface area contributed by atoms with Gasteiger partial charge in [-0.25, -0.2) is 9.97 Å². The molecule has 0 saturated carbocycles. The van der Waals surface area contributed by atoms with E-state index < -0.39 is 0 Å². The van der Waals surface area contributed by atoms with Crippen LogP contribution in [0.3, 0.4) is 0 Å². The number of pyridine rings is 1. The van der Waals surface area contributed by atoms with Gasteiger partial charge in [-0.1, -0.05) is 6.07 Å². The van der Waals surface area contributed by atoms with Gasteiger partial charge in [0.25, 0.3) is 0 Å². The van der Waals surface area contributed by atoms with Crippen molar-refractivity contribution >= 4 is 5.95 Å². The van der Waals surface area contributed by atoms with Crippen LogP contribution in [-0.2, 0) is 13.1 Å². The van der Waals surface area contributed by atoms with Crippen molar-refractivity contribution in [2.45, 2.75) is 39.3 Å². The molecule has 0 aliphatic carbocycles. The van der Waals surface area contributed by atoms with Gasteiger partial charge < -0.3 is 4.90 Å². The van der Waals surface area contributed by atoms with E-state index in [1.807, 2.05) is 24.7 Å². The molecule has 2 aromatic heterocycles. The number of aromatic nitrogens is 3. The maximum atomic E-state index is 4.62. The van der Waals surface area contributed by atoms with Gasteiger partial charge in [0.2, 0.25) is 5.95 Å². The summed E-state index contributed by atoms with van der Waals surface area (Å²) in [6, 6.07) is 4.15. The van der Waals surface area contributed by atoms with Gasteiger partial charge in [-0.2, -0.15) is 0 Å². The molecule has 0 bridgehead atoms. The van der Waals surface area contributed by atoms with Gasteiger partial charge in [-0.05, 0) is 37.8 Å². The fourth-order valence-electron chi connectivity index (χ4n) is 3.95. The maximum Gasteiger partial charge on any atom is 0.225 e. The van der Waals surface area contributed by atoms with Crippen LogP contribution < -0.4 is 4.90 Å². The highest BCUT2D eigenvalue weighted by atomic mass is 15.3. The minimum Gasteiger partial charge on any atom is -0.341 e. The Bertz CT molecular complexity index is 718. The zero-order chi connectivity index (χ0) is 18.5. The monoisotopic (exact) mass is 366 g/mol. The second-order valence-corrected chi connectivity index (χ2v) is 7.76. The zero-order valence-electron chi connectivity index (χ0n) is 16.3. The lowest BCUT2D eigenvalue weighted by molar-refractivity contribution is 0.120. The molecular formula is C21H30N6. The van der Waals surface area contributed by atoms with E-state index in [4.69, 9.17) is 0 Å². The lowest BCUT2D eigenvalue weighted by atomic mass is 10.1. The third kappa shape index (κ3) is 4.82. The van der Waals surface area contributed by atoms with Crippen LogP contribution in [0.1, 0.15) is 36.1 Å². The molecule has 2 saturated heterocycles. The van der Waals surface area contributed by atoms with Crippen molar-refractivity contribution in [3.8, 4) is 0 Å². The summed E-state index contributed by atoms with van der Waals surface area (Å²) in [4.78, 5) is 21.1. The van der Waals surface area contributed by atoms with E-state index in [0.717, 1.165) is 58.3 Å². The van der Waals surface area contributed by atoms with E-state index in [1.54, 1.807) is 0 Å². The number of hydrogen-bond acceptors (Lipinski definition) is 6. The lowest BCUT2D eigenvalue weighted by Gasteiger charge is -2.34. The quantitative estimate of drug-likeness (QED) is 0.810. The molecule has 0 N–H and O–H groups in total. The molecule has 4 rings (SSSR count).